The molecular weight excluding hydrogens is 388 g/mol. The Morgan fingerprint density at radius 1 is 1.07 bits per heavy atom. The maximum Gasteiger partial charge on any atom is 0.272 e. The molecule has 2 N–H and O–H groups in total. The first-order valence-electron chi connectivity index (χ1n) is 9.41. The average molecular weight is 410 g/mol. The first-order valence-corrected chi connectivity index (χ1v) is 11.1. The van der Waals surface area contributed by atoms with Gasteiger partial charge in [-0.15, -0.1) is 0 Å². The lowest BCUT2D eigenvalue weighted by molar-refractivity contribution is 0.0779. The van der Waals surface area contributed by atoms with Crippen LogP contribution in [0.15, 0.2) is 66.7 Å². The average Bonchev–Trinajstić information content (AvgIpc) is 3.35. The van der Waals surface area contributed by atoms with Crippen LogP contribution in [-0.4, -0.2) is 47.8 Å². The highest BCUT2D eigenvalue weighted by atomic mass is 32.2. The Morgan fingerprint density at radius 3 is 2.38 bits per heavy atom. The number of benzene rings is 2. The molecule has 2 aromatic carbocycles. The van der Waals surface area contributed by atoms with E-state index in [1.54, 1.807) is 15.6 Å². The number of primary sulfonamides is 1. The molecule has 4 rings (SSSR count). The molecule has 1 saturated heterocycles. The highest BCUT2D eigenvalue weighted by Crippen LogP contribution is 2.25. The normalized spacial score (nSPS) is 16.9. The van der Waals surface area contributed by atoms with Crippen molar-refractivity contribution in [2.45, 2.75) is 6.42 Å². The molecule has 7 nitrogen and oxygen atoms in total. The summed E-state index contributed by atoms with van der Waals surface area (Å²) in [6, 6.07) is 21.0. The predicted molar refractivity (Wildman–Crippen MR) is 111 cm³/mol. The monoisotopic (exact) mass is 410 g/mol. The molecule has 1 fully saturated rings. The predicted octanol–water partition coefficient (Wildman–Crippen LogP) is 2.29. The summed E-state index contributed by atoms with van der Waals surface area (Å²) < 4.78 is 24.4. The molecule has 1 aromatic heterocycles. The van der Waals surface area contributed by atoms with Crippen LogP contribution in [0, 0.1) is 5.92 Å². The Morgan fingerprint density at radius 2 is 1.72 bits per heavy atom. The summed E-state index contributed by atoms with van der Waals surface area (Å²) in [7, 11) is -3.56. The molecule has 0 saturated carbocycles. The summed E-state index contributed by atoms with van der Waals surface area (Å²) in [5, 5.41) is 9.85. The summed E-state index contributed by atoms with van der Waals surface area (Å²) in [5.74, 6) is -0.416. The van der Waals surface area contributed by atoms with Gasteiger partial charge in [0.1, 0.15) is 5.69 Å². The fraction of sp³-hybridized carbons (Fsp3) is 0.238. The van der Waals surface area contributed by atoms with Crippen molar-refractivity contribution in [3.05, 3.63) is 72.4 Å². The maximum absolute atomic E-state index is 13.3. The highest BCUT2D eigenvalue weighted by Gasteiger charge is 2.31. The van der Waals surface area contributed by atoms with Gasteiger partial charge in [-0.2, -0.15) is 5.10 Å². The number of carbonyl (C=O) groups excluding carboxylic acids is 1. The van der Waals surface area contributed by atoms with Crippen LogP contribution in [-0.2, 0) is 10.0 Å². The van der Waals surface area contributed by atoms with Gasteiger partial charge in [0.2, 0.25) is 10.0 Å². The Hall–Kier alpha value is -2.97. The van der Waals surface area contributed by atoms with Gasteiger partial charge in [-0.05, 0) is 30.5 Å². The van der Waals surface area contributed by atoms with Gasteiger partial charge in [0.15, 0.2) is 0 Å². The summed E-state index contributed by atoms with van der Waals surface area (Å²) in [6.07, 6.45) is 0.618. The topological polar surface area (TPSA) is 98.3 Å². The fourth-order valence-electron chi connectivity index (χ4n) is 3.69. The van der Waals surface area contributed by atoms with E-state index in [0.29, 0.717) is 30.9 Å². The second-order valence-corrected chi connectivity index (χ2v) is 8.92. The number of amides is 1. The van der Waals surface area contributed by atoms with Gasteiger partial charge in [-0.3, -0.25) is 4.79 Å². The van der Waals surface area contributed by atoms with E-state index < -0.39 is 10.0 Å². The summed E-state index contributed by atoms with van der Waals surface area (Å²) in [5.41, 5.74) is 2.87. The molecular formula is C21H22N4O3S. The van der Waals surface area contributed by atoms with Crippen LogP contribution in [0.25, 0.3) is 16.9 Å². The van der Waals surface area contributed by atoms with Crippen LogP contribution >= 0.6 is 0 Å². The first kappa shape index (κ1) is 19.4. The third kappa shape index (κ3) is 4.38. The largest absolute Gasteiger partial charge is 0.337 e. The zero-order valence-electron chi connectivity index (χ0n) is 15.8. The number of para-hydroxylation sites is 1. The lowest BCUT2D eigenvalue weighted by atomic mass is 10.1. The number of hydrogen-bond acceptors (Lipinski definition) is 4. The summed E-state index contributed by atoms with van der Waals surface area (Å²) >= 11 is 0. The molecule has 2 heterocycles. The van der Waals surface area contributed by atoms with E-state index in [1.165, 1.54) is 0 Å². The number of carbonyl (C=O) groups is 1. The van der Waals surface area contributed by atoms with E-state index in [1.807, 2.05) is 60.7 Å². The Labute approximate surface area is 169 Å². The SMILES string of the molecule is NS(=O)(=O)C[C@H]1CCN(C(=O)c2cc(-c3ccccc3)nn2-c2ccccc2)C1. The number of rotatable bonds is 5. The van der Waals surface area contributed by atoms with E-state index >= 15 is 0 Å². The van der Waals surface area contributed by atoms with E-state index in [-0.39, 0.29) is 17.6 Å². The second-order valence-electron chi connectivity index (χ2n) is 7.26. The first-order chi connectivity index (χ1) is 13.9. The van der Waals surface area contributed by atoms with Crippen LogP contribution in [0.1, 0.15) is 16.9 Å². The summed E-state index contributed by atoms with van der Waals surface area (Å²) in [4.78, 5) is 15.0. The van der Waals surface area contributed by atoms with E-state index in [0.717, 1.165) is 11.3 Å². The number of likely N-dealkylation sites (tertiary alicyclic amines) is 1. The maximum atomic E-state index is 13.3. The number of aromatic nitrogens is 2. The Kier molecular flexibility index (Phi) is 5.21. The molecule has 8 heteroatoms. The van der Waals surface area contributed by atoms with E-state index in [9.17, 15) is 13.2 Å². The van der Waals surface area contributed by atoms with Crippen molar-refractivity contribution in [1.82, 2.24) is 14.7 Å². The van der Waals surface area contributed by atoms with Crippen LogP contribution < -0.4 is 5.14 Å². The third-order valence-corrected chi connectivity index (χ3v) is 5.98. The van der Waals surface area contributed by atoms with Crippen LogP contribution in [0.3, 0.4) is 0 Å². The molecule has 1 amide bonds. The van der Waals surface area contributed by atoms with Crippen molar-refractivity contribution in [1.29, 1.82) is 0 Å². The molecule has 0 aliphatic carbocycles. The minimum Gasteiger partial charge on any atom is -0.337 e. The minimum absolute atomic E-state index is 0.107. The lowest BCUT2D eigenvalue weighted by Crippen LogP contribution is -2.32. The molecule has 1 aliphatic rings. The molecule has 0 unspecified atom stereocenters. The Balaban J connectivity index is 1.67. The number of sulfonamides is 1. The van der Waals surface area contributed by atoms with Gasteiger partial charge in [0, 0.05) is 18.7 Å². The molecule has 29 heavy (non-hydrogen) atoms. The molecule has 150 valence electrons. The third-order valence-electron chi connectivity index (χ3n) is 5.04. The van der Waals surface area contributed by atoms with Crippen molar-refractivity contribution < 1.29 is 13.2 Å². The number of nitrogens with zero attached hydrogens (tertiary/aromatic N) is 3. The van der Waals surface area contributed by atoms with Crippen molar-refractivity contribution in [2.24, 2.45) is 11.1 Å². The standard InChI is InChI=1S/C21H22N4O3S/c22-29(27,28)15-16-11-12-24(14-16)21(26)20-13-19(17-7-3-1-4-8-17)23-25(20)18-9-5-2-6-10-18/h1-10,13,16H,11-12,14-15H2,(H2,22,27,28)/t16-/m0/s1. The zero-order valence-corrected chi connectivity index (χ0v) is 16.6. The molecule has 3 aromatic rings. The van der Waals surface area contributed by atoms with Gasteiger partial charge < -0.3 is 4.90 Å². The number of nitrogens with two attached hydrogens (primary N) is 1. The second kappa shape index (κ2) is 7.81. The quantitative estimate of drug-likeness (QED) is 0.698. The van der Waals surface area contributed by atoms with Crippen LogP contribution in [0.4, 0.5) is 0 Å². The lowest BCUT2D eigenvalue weighted by Gasteiger charge is -2.17. The molecule has 0 bridgehead atoms. The molecule has 1 atom stereocenters. The van der Waals surface area contributed by atoms with Crippen molar-refractivity contribution >= 4 is 15.9 Å². The van der Waals surface area contributed by atoms with Gasteiger partial charge in [0.05, 0.1) is 17.1 Å². The Bertz CT molecular complexity index is 1110. The van der Waals surface area contributed by atoms with Gasteiger partial charge >= 0.3 is 0 Å². The smallest absolute Gasteiger partial charge is 0.272 e. The van der Waals surface area contributed by atoms with Crippen LogP contribution in [0.5, 0.6) is 0 Å². The summed E-state index contributed by atoms with van der Waals surface area (Å²) in [6.45, 7) is 0.871. The highest BCUT2D eigenvalue weighted by molar-refractivity contribution is 7.89. The zero-order chi connectivity index (χ0) is 20.4. The van der Waals surface area contributed by atoms with Gasteiger partial charge in [0.25, 0.3) is 5.91 Å². The molecule has 1 aliphatic heterocycles. The van der Waals surface area contributed by atoms with Crippen molar-refractivity contribution in [3.8, 4) is 16.9 Å². The van der Waals surface area contributed by atoms with Crippen LogP contribution in [0.2, 0.25) is 0 Å². The fourth-order valence-corrected chi connectivity index (χ4v) is 4.62. The van der Waals surface area contributed by atoms with Crippen molar-refractivity contribution in [3.63, 3.8) is 0 Å². The number of hydrogen-bond donors (Lipinski definition) is 1. The van der Waals surface area contributed by atoms with Crippen molar-refractivity contribution in [2.75, 3.05) is 18.8 Å². The minimum atomic E-state index is -3.56. The molecule has 0 spiro atoms. The van der Waals surface area contributed by atoms with E-state index in [4.69, 9.17) is 5.14 Å². The molecule has 0 radical (unpaired) electrons. The van der Waals surface area contributed by atoms with Gasteiger partial charge in [-0.1, -0.05) is 48.5 Å². The van der Waals surface area contributed by atoms with E-state index in [2.05, 4.69) is 5.10 Å². The van der Waals surface area contributed by atoms with Gasteiger partial charge in [-0.25, -0.2) is 18.2 Å².